The molecule has 4 nitrogen and oxygen atoms in total. The highest BCUT2D eigenvalue weighted by molar-refractivity contribution is 7.13. The number of hydrogen-bond acceptors (Lipinski definition) is 4. The summed E-state index contributed by atoms with van der Waals surface area (Å²) in [5, 5.41) is 5.04. The summed E-state index contributed by atoms with van der Waals surface area (Å²) in [6, 6.07) is 12.1. The molecule has 1 N–H and O–H groups in total. The molecular formula is C21H19F3N2O2S. The molecule has 1 heterocycles. The van der Waals surface area contributed by atoms with Crippen LogP contribution in [0.15, 0.2) is 53.9 Å². The average molecular weight is 420 g/mol. The highest BCUT2D eigenvalue weighted by atomic mass is 32.1. The number of carbonyl (C=O) groups excluding carboxylic acids is 1. The predicted octanol–water partition coefficient (Wildman–Crippen LogP) is 5.55. The van der Waals surface area contributed by atoms with Gasteiger partial charge in [-0.05, 0) is 43.7 Å². The number of ether oxygens (including phenoxy) is 1. The molecule has 2 aromatic carbocycles. The molecule has 0 aliphatic heterocycles. The van der Waals surface area contributed by atoms with Crippen LogP contribution in [-0.2, 0) is 12.8 Å². The lowest BCUT2D eigenvalue weighted by molar-refractivity contribution is -0.137. The number of hydrogen-bond donors (Lipinski definition) is 1. The molecule has 0 unspecified atom stereocenters. The van der Waals surface area contributed by atoms with E-state index in [0.717, 1.165) is 12.1 Å². The van der Waals surface area contributed by atoms with Crippen molar-refractivity contribution in [2.24, 2.45) is 0 Å². The Morgan fingerprint density at radius 1 is 1.17 bits per heavy atom. The van der Waals surface area contributed by atoms with Crippen LogP contribution in [-0.4, -0.2) is 16.9 Å². The fourth-order valence-corrected chi connectivity index (χ4v) is 3.44. The summed E-state index contributed by atoms with van der Waals surface area (Å²) in [5.41, 5.74) is 0.679. The maximum atomic E-state index is 12.9. The topological polar surface area (TPSA) is 51.2 Å². The zero-order valence-electron chi connectivity index (χ0n) is 15.8. The number of halogens is 3. The normalized spacial score (nSPS) is 11.5. The van der Waals surface area contributed by atoms with Crippen molar-refractivity contribution < 1.29 is 22.7 Å². The smallest absolute Gasteiger partial charge is 0.416 e. The van der Waals surface area contributed by atoms with Crippen LogP contribution >= 0.6 is 11.3 Å². The molecule has 0 spiro atoms. The van der Waals surface area contributed by atoms with Gasteiger partial charge < -0.3 is 10.1 Å². The maximum Gasteiger partial charge on any atom is 0.416 e. The summed E-state index contributed by atoms with van der Waals surface area (Å²) in [4.78, 5) is 16.5. The second kappa shape index (κ2) is 8.65. The minimum Gasteiger partial charge on any atom is -0.488 e. The summed E-state index contributed by atoms with van der Waals surface area (Å²) in [5.74, 6) is 0.222. The fourth-order valence-electron chi connectivity index (χ4n) is 2.61. The molecule has 1 aromatic heterocycles. The molecule has 0 aliphatic carbocycles. The molecule has 8 heteroatoms. The van der Waals surface area contributed by atoms with Gasteiger partial charge in [-0.2, -0.15) is 13.2 Å². The van der Waals surface area contributed by atoms with Crippen molar-refractivity contribution in [3.63, 3.8) is 0 Å². The molecular weight excluding hydrogens is 401 g/mol. The highest BCUT2D eigenvalue weighted by Gasteiger charge is 2.30. The fraction of sp³-hybridized carbons (Fsp3) is 0.238. The third-order valence-electron chi connectivity index (χ3n) is 3.92. The summed E-state index contributed by atoms with van der Waals surface area (Å²) >= 11 is 1.30. The molecule has 0 fully saturated rings. The number of benzene rings is 2. The summed E-state index contributed by atoms with van der Waals surface area (Å²) < 4.78 is 44.4. The van der Waals surface area contributed by atoms with E-state index in [2.05, 4.69) is 10.3 Å². The number of nitrogens with zero attached hydrogens (tertiary/aromatic N) is 1. The molecule has 3 rings (SSSR count). The molecule has 0 atom stereocenters. The lowest BCUT2D eigenvalue weighted by atomic mass is 10.1. The molecule has 0 radical (unpaired) electrons. The first-order valence-electron chi connectivity index (χ1n) is 8.89. The van der Waals surface area contributed by atoms with E-state index in [4.69, 9.17) is 4.74 Å². The molecule has 0 saturated carbocycles. The number of amides is 1. The zero-order valence-corrected chi connectivity index (χ0v) is 16.6. The Bertz CT molecular complexity index is 999. The van der Waals surface area contributed by atoms with Gasteiger partial charge in [-0.3, -0.25) is 4.79 Å². The molecule has 29 heavy (non-hydrogen) atoms. The quantitative estimate of drug-likeness (QED) is 0.569. The van der Waals surface area contributed by atoms with Gasteiger partial charge in [-0.15, -0.1) is 11.3 Å². The van der Waals surface area contributed by atoms with Gasteiger partial charge in [0.15, 0.2) is 0 Å². The van der Waals surface area contributed by atoms with E-state index >= 15 is 0 Å². The Morgan fingerprint density at radius 2 is 1.93 bits per heavy atom. The number of thiazole rings is 1. The van der Waals surface area contributed by atoms with Crippen molar-refractivity contribution in [3.05, 3.63) is 70.7 Å². The van der Waals surface area contributed by atoms with Crippen LogP contribution in [0.2, 0.25) is 0 Å². The first-order chi connectivity index (χ1) is 13.7. The zero-order chi connectivity index (χ0) is 21.0. The largest absolute Gasteiger partial charge is 0.488 e. The Kier molecular flexibility index (Phi) is 6.22. The van der Waals surface area contributed by atoms with Crippen molar-refractivity contribution >= 4 is 17.2 Å². The van der Waals surface area contributed by atoms with Gasteiger partial charge in [0.25, 0.3) is 5.91 Å². The average Bonchev–Trinajstić information content (AvgIpc) is 3.16. The summed E-state index contributed by atoms with van der Waals surface area (Å²) in [6.45, 7) is 3.71. The van der Waals surface area contributed by atoms with E-state index in [1.807, 2.05) is 19.9 Å². The van der Waals surface area contributed by atoms with Crippen molar-refractivity contribution in [3.8, 4) is 16.3 Å². The van der Waals surface area contributed by atoms with E-state index < -0.39 is 11.7 Å². The van der Waals surface area contributed by atoms with Gasteiger partial charge in [-0.1, -0.05) is 24.3 Å². The SMILES string of the molecule is CC(C)NC(=O)c1csc(-c2ccccc2OCc2cccc(C(F)(F)F)c2)n1. The highest BCUT2D eigenvalue weighted by Crippen LogP contribution is 2.33. The third-order valence-corrected chi connectivity index (χ3v) is 4.80. The molecule has 3 aromatic rings. The van der Waals surface area contributed by atoms with Crippen molar-refractivity contribution in [1.29, 1.82) is 0 Å². The standard InChI is InChI=1S/C21H19F3N2O2S/c1-13(2)25-19(27)17-12-29-20(26-17)16-8-3-4-9-18(16)28-11-14-6-5-7-15(10-14)21(22,23)24/h3-10,12-13H,11H2,1-2H3,(H,25,27). The minimum atomic E-state index is -4.40. The van der Waals surface area contributed by atoms with E-state index in [9.17, 15) is 18.0 Å². The van der Waals surface area contributed by atoms with Gasteiger partial charge in [0.05, 0.1) is 11.1 Å². The molecule has 0 bridgehead atoms. The minimum absolute atomic E-state index is 0.00395. The molecule has 0 aliphatic rings. The summed E-state index contributed by atoms with van der Waals surface area (Å²) in [7, 11) is 0. The second-order valence-electron chi connectivity index (χ2n) is 6.65. The van der Waals surface area contributed by atoms with Gasteiger partial charge in [-0.25, -0.2) is 4.98 Å². The number of aromatic nitrogens is 1. The number of carbonyl (C=O) groups is 1. The third kappa shape index (κ3) is 5.35. The van der Waals surface area contributed by atoms with Crippen LogP contribution in [0.5, 0.6) is 5.75 Å². The van der Waals surface area contributed by atoms with Gasteiger partial charge in [0.2, 0.25) is 0 Å². The van der Waals surface area contributed by atoms with Crippen LogP contribution in [0.4, 0.5) is 13.2 Å². The molecule has 1 amide bonds. The first kappa shape index (κ1) is 20.9. The maximum absolute atomic E-state index is 12.9. The first-order valence-corrected chi connectivity index (χ1v) is 9.76. The lowest BCUT2D eigenvalue weighted by Gasteiger charge is -2.12. The van der Waals surface area contributed by atoms with Crippen LogP contribution in [0.1, 0.15) is 35.5 Å². The van der Waals surface area contributed by atoms with Crippen LogP contribution < -0.4 is 10.1 Å². The van der Waals surface area contributed by atoms with Crippen LogP contribution in [0, 0.1) is 0 Å². The van der Waals surface area contributed by atoms with Crippen molar-refractivity contribution in [2.75, 3.05) is 0 Å². The molecule has 0 saturated heterocycles. The Balaban J connectivity index is 1.78. The van der Waals surface area contributed by atoms with Crippen LogP contribution in [0.3, 0.4) is 0 Å². The van der Waals surface area contributed by atoms with E-state index in [1.165, 1.54) is 17.4 Å². The van der Waals surface area contributed by atoms with E-state index in [1.54, 1.807) is 29.6 Å². The van der Waals surface area contributed by atoms with E-state index in [-0.39, 0.29) is 18.6 Å². The van der Waals surface area contributed by atoms with Crippen molar-refractivity contribution in [1.82, 2.24) is 10.3 Å². The predicted molar refractivity (Wildman–Crippen MR) is 106 cm³/mol. The number of rotatable bonds is 6. The second-order valence-corrected chi connectivity index (χ2v) is 7.51. The van der Waals surface area contributed by atoms with Gasteiger partial charge in [0.1, 0.15) is 23.1 Å². The monoisotopic (exact) mass is 420 g/mol. The van der Waals surface area contributed by atoms with Gasteiger partial charge in [0, 0.05) is 11.4 Å². The Morgan fingerprint density at radius 3 is 2.66 bits per heavy atom. The Labute approximate surface area is 170 Å². The van der Waals surface area contributed by atoms with Crippen LogP contribution in [0.25, 0.3) is 10.6 Å². The Hall–Kier alpha value is -2.87. The lowest BCUT2D eigenvalue weighted by Crippen LogP contribution is -2.30. The molecule has 152 valence electrons. The van der Waals surface area contributed by atoms with Gasteiger partial charge >= 0.3 is 6.18 Å². The van der Waals surface area contributed by atoms with E-state index in [0.29, 0.717) is 27.6 Å². The number of nitrogens with one attached hydrogen (secondary N) is 1. The number of alkyl halides is 3. The summed E-state index contributed by atoms with van der Waals surface area (Å²) in [6.07, 6.45) is -4.40. The van der Waals surface area contributed by atoms with Crippen molar-refractivity contribution in [2.45, 2.75) is 32.7 Å². The number of para-hydroxylation sites is 1.